The minimum Gasteiger partial charge on any atom is -0.485 e. The number of ether oxygens (including phenoxy) is 1. The second-order valence-corrected chi connectivity index (χ2v) is 6.24. The van der Waals surface area contributed by atoms with Gasteiger partial charge in [-0.2, -0.15) is 4.98 Å². The van der Waals surface area contributed by atoms with Crippen molar-refractivity contribution in [3.05, 3.63) is 84.6 Å². The molecular formula is C21H19N5O2. The molecule has 0 saturated carbocycles. The summed E-state index contributed by atoms with van der Waals surface area (Å²) in [6, 6.07) is 17.3. The van der Waals surface area contributed by atoms with Crippen molar-refractivity contribution in [1.29, 1.82) is 0 Å². The second kappa shape index (κ2) is 8.30. The molecule has 0 unspecified atom stereocenters. The molecule has 0 aliphatic rings. The van der Waals surface area contributed by atoms with Crippen molar-refractivity contribution >= 4 is 5.82 Å². The Hall–Kier alpha value is -3.74. The van der Waals surface area contributed by atoms with Gasteiger partial charge in [-0.1, -0.05) is 29.4 Å². The van der Waals surface area contributed by atoms with E-state index in [0.29, 0.717) is 11.7 Å². The number of benzene rings is 1. The van der Waals surface area contributed by atoms with E-state index in [1.807, 2.05) is 72.7 Å². The van der Waals surface area contributed by atoms with Crippen molar-refractivity contribution in [3.8, 4) is 17.2 Å². The highest BCUT2D eigenvalue weighted by molar-refractivity contribution is 5.54. The van der Waals surface area contributed by atoms with E-state index in [4.69, 9.17) is 9.26 Å². The number of rotatable bonds is 7. The number of aromatic nitrogens is 4. The Kier molecular flexibility index (Phi) is 5.24. The molecule has 7 heteroatoms. The molecule has 0 aliphatic heterocycles. The first-order valence-corrected chi connectivity index (χ1v) is 8.85. The molecule has 0 spiro atoms. The normalized spacial score (nSPS) is 10.6. The quantitative estimate of drug-likeness (QED) is 0.488. The highest BCUT2D eigenvalue weighted by Gasteiger charge is 2.11. The van der Waals surface area contributed by atoms with Crippen molar-refractivity contribution in [2.45, 2.75) is 13.2 Å². The zero-order chi connectivity index (χ0) is 19.2. The number of nitrogens with zero attached hydrogens (tertiary/aromatic N) is 5. The number of pyridine rings is 2. The van der Waals surface area contributed by atoms with Crippen LogP contribution in [0.15, 0.2) is 77.7 Å². The Balaban J connectivity index is 1.39. The Morgan fingerprint density at radius 2 is 1.89 bits per heavy atom. The average Bonchev–Trinajstić information content (AvgIpc) is 3.23. The van der Waals surface area contributed by atoms with Crippen molar-refractivity contribution in [2.24, 2.45) is 0 Å². The van der Waals surface area contributed by atoms with Crippen LogP contribution in [0.2, 0.25) is 0 Å². The van der Waals surface area contributed by atoms with E-state index in [-0.39, 0.29) is 6.61 Å². The standard InChI is InChI=1S/C21H19N5O2/c1-26(14-16-6-5-11-22-12-16)20-10-9-17(13-23-20)21-24-19(25-28-21)15-27-18-7-3-2-4-8-18/h2-13H,14-15H2,1H3. The molecule has 3 aromatic heterocycles. The molecule has 4 rings (SSSR count). The van der Waals surface area contributed by atoms with Gasteiger partial charge in [0.25, 0.3) is 5.89 Å². The average molecular weight is 373 g/mol. The summed E-state index contributed by atoms with van der Waals surface area (Å²) in [7, 11) is 1.99. The largest absolute Gasteiger partial charge is 0.485 e. The second-order valence-electron chi connectivity index (χ2n) is 6.24. The summed E-state index contributed by atoms with van der Waals surface area (Å²) in [5.41, 5.74) is 1.88. The summed E-state index contributed by atoms with van der Waals surface area (Å²) < 4.78 is 11.0. The number of hydrogen-bond acceptors (Lipinski definition) is 7. The Morgan fingerprint density at radius 1 is 1.00 bits per heavy atom. The molecule has 0 bridgehead atoms. The Bertz CT molecular complexity index is 1000. The maximum absolute atomic E-state index is 5.64. The van der Waals surface area contributed by atoms with Crippen LogP contribution in [0.4, 0.5) is 5.82 Å². The molecular weight excluding hydrogens is 354 g/mol. The molecule has 0 atom stereocenters. The smallest absolute Gasteiger partial charge is 0.259 e. The minimum absolute atomic E-state index is 0.243. The van der Waals surface area contributed by atoms with Gasteiger partial charge in [0.05, 0.1) is 5.56 Å². The van der Waals surface area contributed by atoms with Crippen LogP contribution >= 0.6 is 0 Å². The molecule has 0 aliphatic carbocycles. The van der Waals surface area contributed by atoms with Gasteiger partial charge in [0.15, 0.2) is 6.61 Å². The molecule has 0 radical (unpaired) electrons. The SMILES string of the molecule is CN(Cc1cccnc1)c1ccc(-c2nc(COc3ccccc3)no2)cn1. The lowest BCUT2D eigenvalue weighted by atomic mass is 10.2. The fourth-order valence-electron chi connectivity index (χ4n) is 2.68. The van der Waals surface area contributed by atoms with Gasteiger partial charge in [0.2, 0.25) is 5.82 Å². The van der Waals surface area contributed by atoms with Crippen molar-refractivity contribution in [2.75, 3.05) is 11.9 Å². The lowest BCUT2D eigenvalue weighted by molar-refractivity contribution is 0.287. The van der Waals surface area contributed by atoms with E-state index in [9.17, 15) is 0 Å². The molecule has 0 saturated heterocycles. The van der Waals surface area contributed by atoms with Gasteiger partial charge in [-0.05, 0) is 35.9 Å². The van der Waals surface area contributed by atoms with Crippen molar-refractivity contribution < 1.29 is 9.26 Å². The molecule has 3 heterocycles. The summed E-state index contributed by atoms with van der Waals surface area (Å²) in [6.45, 7) is 0.967. The summed E-state index contributed by atoms with van der Waals surface area (Å²) in [5.74, 6) is 2.51. The summed E-state index contributed by atoms with van der Waals surface area (Å²) in [5, 5.41) is 3.96. The minimum atomic E-state index is 0.243. The summed E-state index contributed by atoms with van der Waals surface area (Å²) >= 11 is 0. The monoisotopic (exact) mass is 373 g/mol. The van der Waals surface area contributed by atoms with Crippen molar-refractivity contribution in [3.63, 3.8) is 0 Å². The number of para-hydroxylation sites is 1. The molecule has 1 aromatic carbocycles. The molecule has 0 N–H and O–H groups in total. The zero-order valence-electron chi connectivity index (χ0n) is 15.4. The maximum atomic E-state index is 5.64. The van der Waals surface area contributed by atoms with E-state index >= 15 is 0 Å². The third kappa shape index (κ3) is 4.32. The third-order valence-electron chi connectivity index (χ3n) is 4.11. The van der Waals surface area contributed by atoms with E-state index in [1.165, 1.54) is 0 Å². The predicted octanol–water partition coefficient (Wildman–Crippen LogP) is 3.74. The Morgan fingerprint density at radius 3 is 2.64 bits per heavy atom. The number of anilines is 1. The van der Waals surface area contributed by atoms with E-state index in [2.05, 4.69) is 20.1 Å². The van der Waals surface area contributed by atoms with Gasteiger partial charge in [0, 0.05) is 32.2 Å². The van der Waals surface area contributed by atoms with Crippen LogP contribution in [0.1, 0.15) is 11.4 Å². The number of hydrogen-bond donors (Lipinski definition) is 0. The van der Waals surface area contributed by atoms with Crippen LogP contribution in [0.3, 0.4) is 0 Å². The van der Waals surface area contributed by atoms with E-state index < -0.39 is 0 Å². The molecule has 4 aromatic rings. The maximum Gasteiger partial charge on any atom is 0.259 e. The molecule has 0 amide bonds. The van der Waals surface area contributed by atoms with Crippen LogP contribution in [0.25, 0.3) is 11.5 Å². The van der Waals surface area contributed by atoms with Gasteiger partial charge in [0.1, 0.15) is 11.6 Å². The van der Waals surface area contributed by atoms with Gasteiger partial charge in [-0.15, -0.1) is 0 Å². The third-order valence-corrected chi connectivity index (χ3v) is 4.11. The van der Waals surface area contributed by atoms with Gasteiger partial charge in [-0.3, -0.25) is 4.98 Å². The highest BCUT2D eigenvalue weighted by atomic mass is 16.5. The zero-order valence-corrected chi connectivity index (χ0v) is 15.4. The van der Waals surface area contributed by atoms with Crippen molar-refractivity contribution in [1.82, 2.24) is 20.1 Å². The topological polar surface area (TPSA) is 77.2 Å². The van der Waals surface area contributed by atoms with Crippen LogP contribution < -0.4 is 9.64 Å². The molecule has 0 fully saturated rings. The van der Waals surface area contributed by atoms with E-state index in [1.54, 1.807) is 12.4 Å². The first-order chi connectivity index (χ1) is 13.8. The Labute approximate surface area is 162 Å². The molecule has 28 heavy (non-hydrogen) atoms. The first-order valence-electron chi connectivity index (χ1n) is 8.85. The van der Waals surface area contributed by atoms with Crippen LogP contribution in [0, 0.1) is 0 Å². The summed E-state index contributed by atoms with van der Waals surface area (Å²) in [6.07, 6.45) is 5.34. The van der Waals surface area contributed by atoms with Gasteiger partial charge < -0.3 is 14.2 Å². The molecule has 7 nitrogen and oxygen atoms in total. The fourth-order valence-corrected chi connectivity index (χ4v) is 2.68. The van der Waals surface area contributed by atoms with Gasteiger partial charge in [-0.25, -0.2) is 4.98 Å². The lowest BCUT2D eigenvalue weighted by Crippen LogP contribution is -2.17. The first kappa shape index (κ1) is 17.7. The highest BCUT2D eigenvalue weighted by Crippen LogP contribution is 2.20. The van der Waals surface area contributed by atoms with E-state index in [0.717, 1.165) is 29.2 Å². The predicted molar refractivity (Wildman–Crippen MR) is 105 cm³/mol. The molecule has 140 valence electrons. The van der Waals surface area contributed by atoms with Crippen LogP contribution in [0.5, 0.6) is 5.75 Å². The van der Waals surface area contributed by atoms with Gasteiger partial charge >= 0.3 is 0 Å². The fraction of sp³-hybridized carbons (Fsp3) is 0.143. The van der Waals surface area contributed by atoms with Crippen LogP contribution in [-0.2, 0) is 13.2 Å². The lowest BCUT2D eigenvalue weighted by Gasteiger charge is -2.17. The van der Waals surface area contributed by atoms with Crippen LogP contribution in [-0.4, -0.2) is 27.2 Å². The summed E-state index contributed by atoms with van der Waals surface area (Å²) in [4.78, 5) is 15.1.